The lowest BCUT2D eigenvalue weighted by molar-refractivity contribution is 0.394. The van der Waals surface area contributed by atoms with Gasteiger partial charge in [0.15, 0.2) is 0 Å². The van der Waals surface area contributed by atoms with E-state index in [1.54, 1.807) is 6.92 Å². The molecule has 0 aliphatic carbocycles. The summed E-state index contributed by atoms with van der Waals surface area (Å²) in [5.41, 5.74) is -0.949. The van der Waals surface area contributed by atoms with Crippen molar-refractivity contribution < 1.29 is 4.52 Å². The van der Waals surface area contributed by atoms with Gasteiger partial charge in [0, 0.05) is 13.1 Å². The lowest BCUT2D eigenvalue weighted by Crippen LogP contribution is -2.22. The van der Waals surface area contributed by atoms with E-state index in [4.69, 9.17) is 4.52 Å². The Labute approximate surface area is 76.8 Å². The SMILES string of the molecule is Cc1nc(-c2c[nH]c(=O)[nH]c2=O)no1. The summed E-state index contributed by atoms with van der Waals surface area (Å²) >= 11 is 0. The fourth-order valence-corrected chi connectivity index (χ4v) is 0.985. The van der Waals surface area contributed by atoms with Gasteiger partial charge in [0.05, 0.1) is 0 Å². The Morgan fingerprint density at radius 2 is 2.21 bits per heavy atom. The van der Waals surface area contributed by atoms with Crippen LogP contribution in [0.1, 0.15) is 5.89 Å². The van der Waals surface area contributed by atoms with Crippen LogP contribution in [0, 0.1) is 6.92 Å². The Morgan fingerprint density at radius 3 is 2.79 bits per heavy atom. The van der Waals surface area contributed by atoms with E-state index in [0.29, 0.717) is 5.89 Å². The average Bonchev–Trinajstić information content (AvgIpc) is 2.51. The Hall–Kier alpha value is -2.18. The van der Waals surface area contributed by atoms with E-state index in [1.165, 1.54) is 6.20 Å². The number of hydrogen-bond donors (Lipinski definition) is 2. The smallest absolute Gasteiger partial charge is 0.325 e. The third kappa shape index (κ3) is 1.35. The molecule has 0 atom stereocenters. The minimum Gasteiger partial charge on any atom is -0.339 e. The van der Waals surface area contributed by atoms with Crippen molar-refractivity contribution in [1.82, 2.24) is 20.1 Å². The molecule has 0 aromatic carbocycles. The molecule has 0 aliphatic rings. The minimum atomic E-state index is -0.570. The highest BCUT2D eigenvalue weighted by Crippen LogP contribution is 2.07. The van der Waals surface area contributed by atoms with Crippen molar-refractivity contribution in [3.8, 4) is 11.4 Å². The van der Waals surface area contributed by atoms with Crippen molar-refractivity contribution in [3.05, 3.63) is 32.9 Å². The van der Waals surface area contributed by atoms with E-state index in [9.17, 15) is 9.59 Å². The number of aromatic nitrogens is 4. The Balaban J connectivity index is 2.63. The Morgan fingerprint density at radius 1 is 1.43 bits per heavy atom. The number of aromatic amines is 2. The largest absolute Gasteiger partial charge is 0.339 e. The van der Waals surface area contributed by atoms with Crippen LogP contribution in [0.2, 0.25) is 0 Å². The summed E-state index contributed by atoms with van der Waals surface area (Å²) in [4.78, 5) is 30.2. The highest BCUT2D eigenvalue weighted by atomic mass is 16.5. The van der Waals surface area contributed by atoms with Gasteiger partial charge in [0.2, 0.25) is 11.7 Å². The second-order valence-electron chi connectivity index (χ2n) is 2.62. The van der Waals surface area contributed by atoms with E-state index in [2.05, 4.69) is 20.1 Å². The lowest BCUT2D eigenvalue weighted by Gasteiger charge is -1.89. The minimum absolute atomic E-state index is 0.153. The molecule has 2 aromatic rings. The summed E-state index contributed by atoms with van der Waals surface area (Å²) in [6.07, 6.45) is 1.24. The fourth-order valence-electron chi connectivity index (χ4n) is 0.985. The molecule has 14 heavy (non-hydrogen) atoms. The van der Waals surface area contributed by atoms with Crippen LogP contribution >= 0.6 is 0 Å². The summed E-state index contributed by atoms with van der Waals surface area (Å²) in [6.45, 7) is 1.61. The monoisotopic (exact) mass is 194 g/mol. The molecule has 7 nitrogen and oxygen atoms in total. The topological polar surface area (TPSA) is 105 Å². The number of nitrogens with zero attached hydrogens (tertiary/aromatic N) is 2. The standard InChI is InChI=1S/C7H6N4O3/c1-3-9-5(11-14-3)4-2-8-7(13)10-6(4)12/h2H,1H3,(H2,8,10,12,13). The van der Waals surface area contributed by atoms with Crippen molar-refractivity contribution >= 4 is 0 Å². The Bertz CT molecular complexity index is 565. The van der Waals surface area contributed by atoms with Gasteiger partial charge in [-0.2, -0.15) is 4.98 Å². The van der Waals surface area contributed by atoms with Crippen LogP contribution < -0.4 is 11.2 Å². The molecule has 0 bridgehead atoms. The van der Waals surface area contributed by atoms with Gasteiger partial charge in [0.25, 0.3) is 5.56 Å². The third-order valence-corrected chi connectivity index (χ3v) is 1.59. The van der Waals surface area contributed by atoms with Crippen LogP contribution in [0.15, 0.2) is 20.3 Å². The van der Waals surface area contributed by atoms with Crippen molar-refractivity contribution in [2.24, 2.45) is 0 Å². The molecule has 0 spiro atoms. The van der Waals surface area contributed by atoms with Crippen molar-refractivity contribution in [1.29, 1.82) is 0 Å². The summed E-state index contributed by atoms with van der Waals surface area (Å²) in [7, 11) is 0. The number of nitrogens with one attached hydrogen (secondary N) is 2. The van der Waals surface area contributed by atoms with Crippen LogP contribution in [-0.2, 0) is 0 Å². The van der Waals surface area contributed by atoms with E-state index >= 15 is 0 Å². The average molecular weight is 194 g/mol. The maximum Gasteiger partial charge on any atom is 0.325 e. The first-order valence-corrected chi connectivity index (χ1v) is 3.79. The summed E-state index contributed by atoms with van der Waals surface area (Å²) in [5.74, 6) is 0.505. The molecule has 0 aliphatic heterocycles. The maximum atomic E-state index is 11.3. The highest BCUT2D eigenvalue weighted by Gasteiger charge is 2.09. The van der Waals surface area contributed by atoms with Gasteiger partial charge in [-0.3, -0.25) is 9.78 Å². The predicted octanol–water partition coefficient (Wildman–Crippen LogP) is -0.578. The molecule has 2 rings (SSSR count). The van der Waals surface area contributed by atoms with Crippen molar-refractivity contribution in [3.63, 3.8) is 0 Å². The van der Waals surface area contributed by atoms with Gasteiger partial charge >= 0.3 is 5.69 Å². The first-order valence-electron chi connectivity index (χ1n) is 3.79. The molecule has 72 valence electrons. The molecule has 0 saturated heterocycles. The first kappa shape index (κ1) is 8.42. The second kappa shape index (κ2) is 2.95. The molecule has 0 unspecified atom stereocenters. The van der Waals surface area contributed by atoms with Crippen LogP contribution in [-0.4, -0.2) is 20.1 Å². The molecule has 0 saturated carbocycles. The maximum absolute atomic E-state index is 11.3. The van der Waals surface area contributed by atoms with Crippen LogP contribution in [0.25, 0.3) is 11.4 Å². The van der Waals surface area contributed by atoms with Gasteiger partial charge in [-0.05, 0) is 0 Å². The summed E-state index contributed by atoms with van der Waals surface area (Å²) in [5, 5.41) is 3.55. The summed E-state index contributed by atoms with van der Waals surface area (Å²) < 4.78 is 4.70. The predicted molar refractivity (Wildman–Crippen MR) is 45.7 cm³/mol. The fraction of sp³-hybridized carbons (Fsp3) is 0.143. The van der Waals surface area contributed by atoms with Gasteiger partial charge in [-0.25, -0.2) is 4.79 Å². The number of hydrogen-bond acceptors (Lipinski definition) is 5. The van der Waals surface area contributed by atoms with Crippen LogP contribution in [0.3, 0.4) is 0 Å². The lowest BCUT2D eigenvalue weighted by atomic mass is 10.3. The second-order valence-corrected chi connectivity index (χ2v) is 2.62. The quantitative estimate of drug-likeness (QED) is 0.632. The van der Waals surface area contributed by atoms with Crippen LogP contribution in [0.5, 0.6) is 0 Å². The Kier molecular flexibility index (Phi) is 1.77. The molecule has 0 radical (unpaired) electrons. The van der Waals surface area contributed by atoms with Crippen molar-refractivity contribution in [2.45, 2.75) is 6.92 Å². The number of rotatable bonds is 1. The van der Waals surface area contributed by atoms with Crippen LogP contribution in [0.4, 0.5) is 0 Å². The van der Waals surface area contributed by atoms with E-state index in [1.807, 2.05) is 0 Å². The summed E-state index contributed by atoms with van der Waals surface area (Å²) in [6, 6.07) is 0. The third-order valence-electron chi connectivity index (χ3n) is 1.59. The van der Waals surface area contributed by atoms with Gasteiger partial charge in [-0.15, -0.1) is 0 Å². The molecule has 0 fully saturated rings. The van der Waals surface area contributed by atoms with E-state index in [-0.39, 0.29) is 11.4 Å². The van der Waals surface area contributed by atoms with E-state index in [0.717, 1.165) is 0 Å². The molecular formula is C7H6N4O3. The molecule has 2 N–H and O–H groups in total. The van der Waals surface area contributed by atoms with Gasteiger partial charge in [0.1, 0.15) is 5.56 Å². The molecular weight excluding hydrogens is 188 g/mol. The molecule has 2 aromatic heterocycles. The molecule has 7 heteroatoms. The van der Waals surface area contributed by atoms with Gasteiger partial charge < -0.3 is 9.51 Å². The highest BCUT2D eigenvalue weighted by molar-refractivity contribution is 5.50. The number of H-pyrrole nitrogens is 2. The zero-order valence-electron chi connectivity index (χ0n) is 7.20. The van der Waals surface area contributed by atoms with Crippen molar-refractivity contribution in [2.75, 3.05) is 0 Å². The first-order chi connectivity index (χ1) is 6.66. The molecule has 2 heterocycles. The normalized spacial score (nSPS) is 10.4. The molecule has 0 amide bonds. The zero-order chi connectivity index (χ0) is 10.1. The van der Waals surface area contributed by atoms with Gasteiger partial charge in [-0.1, -0.05) is 5.16 Å². The van der Waals surface area contributed by atoms with E-state index < -0.39 is 11.2 Å². The number of aryl methyl sites for hydroxylation is 1. The zero-order valence-corrected chi connectivity index (χ0v) is 7.20.